The monoisotopic (exact) mass is 523 g/mol. The lowest BCUT2D eigenvalue weighted by Crippen LogP contribution is -2.55. The Bertz CT molecular complexity index is 1020. The van der Waals surface area contributed by atoms with Gasteiger partial charge in [-0.2, -0.15) is 0 Å². The molecule has 1 aromatic heterocycles. The third-order valence-corrected chi connectivity index (χ3v) is 9.11. The lowest BCUT2D eigenvalue weighted by atomic mass is 9.92. The van der Waals surface area contributed by atoms with Crippen molar-refractivity contribution in [3.8, 4) is 0 Å². The first-order valence-corrected chi connectivity index (χ1v) is 15.3. The van der Waals surface area contributed by atoms with Gasteiger partial charge in [-0.05, 0) is 49.3 Å². The van der Waals surface area contributed by atoms with Crippen LogP contribution in [0, 0.1) is 6.92 Å². The fraction of sp³-hybridized carbons (Fsp3) is 0.613. The van der Waals surface area contributed by atoms with Crippen molar-refractivity contribution in [2.75, 3.05) is 32.7 Å². The molecule has 37 heavy (non-hydrogen) atoms. The van der Waals surface area contributed by atoms with Crippen LogP contribution in [0.2, 0.25) is 0 Å². The summed E-state index contributed by atoms with van der Waals surface area (Å²) in [6.07, 6.45) is 9.41. The lowest BCUT2D eigenvalue weighted by Gasteiger charge is -2.41. The SMILES string of the molecule is CCCCCCCCC(=O)N1CCN(C(=O)CCN2CCc3sccc3[C@@H]2c2ccc(C)cc2)C[C@@H]1C. The van der Waals surface area contributed by atoms with Crippen molar-refractivity contribution >= 4 is 23.2 Å². The molecule has 0 radical (unpaired) electrons. The average Bonchev–Trinajstić information content (AvgIpc) is 3.38. The molecule has 2 aromatic rings. The lowest BCUT2D eigenvalue weighted by molar-refractivity contribution is -0.142. The van der Waals surface area contributed by atoms with Gasteiger partial charge in [-0.3, -0.25) is 14.5 Å². The molecular weight excluding hydrogens is 478 g/mol. The zero-order valence-electron chi connectivity index (χ0n) is 23.1. The number of rotatable bonds is 11. The van der Waals surface area contributed by atoms with Crippen LogP contribution in [-0.2, 0) is 16.0 Å². The predicted octanol–water partition coefficient (Wildman–Crippen LogP) is 6.20. The van der Waals surface area contributed by atoms with E-state index in [1.807, 2.05) is 21.1 Å². The van der Waals surface area contributed by atoms with Gasteiger partial charge in [0.1, 0.15) is 0 Å². The molecular formula is C31H45N3O2S. The van der Waals surface area contributed by atoms with Crippen LogP contribution in [0.25, 0.3) is 0 Å². The highest BCUT2D eigenvalue weighted by molar-refractivity contribution is 7.10. The number of benzene rings is 1. The Morgan fingerprint density at radius 3 is 2.43 bits per heavy atom. The molecule has 3 heterocycles. The van der Waals surface area contributed by atoms with Crippen molar-refractivity contribution < 1.29 is 9.59 Å². The van der Waals surface area contributed by atoms with E-state index in [2.05, 4.69) is 61.4 Å². The molecule has 2 aliphatic rings. The number of unbranched alkanes of at least 4 members (excludes halogenated alkanes) is 5. The second-order valence-corrected chi connectivity index (χ2v) is 11.9. The normalized spacial score (nSPS) is 20.2. The van der Waals surface area contributed by atoms with Gasteiger partial charge in [-0.15, -0.1) is 11.3 Å². The molecule has 0 spiro atoms. The maximum Gasteiger partial charge on any atom is 0.223 e. The largest absolute Gasteiger partial charge is 0.339 e. The Morgan fingerprint density at radius 1 is 0.919 bits per heavy atom. The van der Waals surface area contributed by atoms with E-state index in [0.717, 1.165) is 32.4 Å². The van der Waals surface area contributed by atoms with Gasteiger partial charge in [-0.25, -0.2) is 0 Å². The number of aryl methyl sites for hydroxylation is 1. The molecule has 2 amide bonds. The smallest absolute Gasteiger partial charge is 0.223 e. The molecule has 6 heteroatoms. The molecule has 0 saturated carbocycles. The minimum absolute atomic E-state index is 0.0916. The molecule has 1 aromatic carbocycles. The van der Waals surface area contributed by atoms with E-state index in [9.17, 15) is 9.59 Å². The van der Waals surface area contributed by atoms with Crippen LogP contribution in [-0.4, -0.2) is 65.3 Å². The number of thiophene rings is 1. The van der Waals surface area contributed by atoms with E-state index < -0.39 is 0 Å². The first kappa shape index (κ1) is 27.8. The second kappa shape index (κ2) is 13.6. The Kier molecular flexibility index (Phi) is 10.2. The summed E-state index contributed by atoms with van der Waals surface area (Å²) in [5.74, 6) is 0.476. The number of fused-ring (bicyclic) bond motifs is 1. The number of carbonyl (C=O) groups excluding carboxylic acids is 2. The minimum atomic E-state index is 0.0916. The Balaban J connectivity index is 1.27. The van der Waals surface area contributed by atoms with Crippen molar-refractivity contribution in [2.24, 2.45) is 0 Å². The van der Waals surface area contributed by atoms with Crippen LogP contribution in [0.5, 0.6) is 0 Å². The fourth-order valence-electron chi connectivity index (χ4n) is 5.90. The van der Waals surface area contributed by atoms with E-state index >= 15 is 0 Å². The van der Waals surface area contributed by atoms with Crippen molar-refractivity contribution in [1.82, 2.24) is 14.7 Å². The molecule has 1 saturated heterocycles. The van der Waals surface area contributed by atoms with Crippen LogP contribution in [0.3, 0.4) is 0 Å². The van der Waals surface area contributed by atoms with Gasteiger partial charge in [0, 0.05) is 56.5 Å². The van der Waals surface area contributed by atoms with Crippen molar-refractivity contribution in [2.45, 2.75) is 90.6 Å². The quantitative estimate of drug-likeness (QED) is 0.329. The molecule has 4 rings (SSSR count). The zero-order chi connectivity index (χ0) is 26.2. The number of hydrogen-bond donors (Lipinski definition) is 0. The maximum atomic E-state index is 13.2. The standard InChI is InChI=1S/C31H45N3O2S/c1-4-5-6-7-8-9-10-30(36)34-21-20-33(23-25(34)3)29(35)16-19-32-18-15-28-27(17-22-37-28)31(32)26-13-11-24(2)12-14-26/h11-14,17,22,25,31H,4-10,15-16,18-21,23H2,1-3H3/t25-,31-/m0/s1. The fourth-order valence-corrected chi connectivity index (χ4v) is 6.80. The number of nitrogens with zero attached hydrogens (tertiary/aromatic N) is 3. The number of piperazine rings is 1. The summed E-state index contributed by atoms with van der Waals surface area (Å²) in [6.45, 7) is 10.2. The van der Waals surface area contributed by atoms with Gasteiger partial charge in [0.05, 0.1) is 6.04 Å². The molecule has 0 N–H and O–H groups in total. The Hall–Kier alpha value is -2.18. The topological polar surface area (TPSA) is 43.9 Å². The summed E-state index contributed by atoms with van der Waals surface area (Å²) in [5.41, 5.74) is 3.98. The zero-order valence-corrected chi connectivity index (χ0v) is 23.9. The van der Waals surface area contributed by atoms with Gasteiger partial charge >= 0.3 is 0 Å². The van der Waals surface area contributed by atoms with Crippen LogP contribution >= 0.6 is 11.3 Å². The van der Waals surface area contributed by atoms with E-state index in [-0.39, 0.29) is 23.9 Å². The van der Waals surface area contributed by atoms with Gasteiger partial charge in [0.15, 0.2) is 0 Å². The highest BCUT2D eigenvalue weighted by Gasteiger charge is 2.32. The Labute approximate surface area is 227 Å². The molecule has 2 aliphatic heterocycles. The van der Waals surface area contributed by atoms with Crippen LogP contribution in [0.4, 0.5) is 0 Å². The molecule has 202 valence electrons. The first-order valence-electron chi connectivity index (χ1n) is 14.4. The van der Waals surface area contributed by atoms with Gasteiger partial charge in [0.2, 0.25) is 11.8 Å². The third-order valence-electron chi connectivity index (χ3n) is 8.12. The Morgan fingerprint density at radius 2 is 1.68 bits per heavy atom. The van der Waals surface area contributed by atoms with Crippen LogP contribution < -0.4 is 0 Å². The molecule has 1 fully saturated rings. The summed E-state index contributed by atoms with van der Waals surface area (Å²) in [4.78, 5) is 34.0. The van der Waals surface area contributed by atoms with Crippen molar-refractivity contribution in [3.63, 3.8) is 0 Å². The summed E-state index contributed by atoms with van der Waals surface area (Å²) < 4.78 is 0. The van der Waals surface area contributed by atoms with E-state index in [1.165, 1.54) is 47.3 Å². The van der Waals surface area contributed by atoms with E-state index in [0.29, 0.717) is 32.5 Å². The molecule has 0 aliphatic carbocycles. The summed E-state index contributed by atoms with van der Waals surface area (Å²) >= 11 is 1.85. The number of amides is 2. The highest BCUT2D eigenvalue weighted by atomic mass is 32.1. The average molecular weight is 524 g/mol. The van der Waals surface area contributed by atoms with Crippen LogP contribution in [0.15, 0.2) is 35.7 Å². The maximum absolute atomic E-state index is 13.2. The predicted molar refractivity (Wildman–Crippen MR) is 153 cm³/mol. The van der Waals surface area contributed by atoms with Crippen molar-refractivity contribution in [1.29, 1.82) is 0 Å². The van der Waals surface area contributed by atoms with E-state index in [1.54, 1.807) is 0 Å². The first-order chi connectivity index (χ1) is 18.0. The summed E-state index contributed by atoms with van der Waals surface area (Å²) in [7, 11) is 0. The molecule has 0 bridgehead atoms. The van der Waals surface area contributed by atoms with Crippen molar-refractivity contribution in [3.05, 3.63) is 57.3 Å². The van der Waals surface area contributed by atoms with Crippen LogP contribution in [0.1, 0.15) is 92.8 Å². The van der Waals surface area contributed by atoms with Gasteiger partial charge < -0.3 is 9.80 Å². The molecule has 2 atom stereocenters. The number of hydrogen-bond acceptors (Lipinski definition) is 4. The summed E-state index contributed by atoms with van der Waals surface area (Å²) in [5, 5.41) is 2.20. The minimum Gasteiger partial charge on any atom is -0.339 e. The van der Waals surface area contributed by atoms with E-state index in [4.69, 9.17) is 0 Å². The highest BCUT2D eigenvalue weighted by Crippen LogP contribution is 2.37. The number of carbonyl (C=O) groups is 2. The van der Waals surface area contributed by atoms with Gasteiger partial charge in [0.25, 0.3) is 0 Å². The second-order valence-electron chi connectivity index (χ2n) is 10.9. The third kappa shape index (κ3) is 7.23. The molecule has 5 nitrogen and oxygen atoms in total. The molecule has 0 unspecified atom stereocenters. The van der Waals surface area contributed by atoms with Gasteiger partial charge in [-0.1, -0.05) is 68.9 Å². The summed E-state index contributed by atoms with van der Waals surface area (Å²) in [6, 6.07) is 11.4.